The molecule has 4 saturated carbocycles. The summed E-state index contributed by atoms with van der Waals surface area (Å²) in [6.07, 6.45) is 11.1. The molecular formula is C24H36N2O4S. The second kappa shape index (κ2) is 8.81. The fourth-order valence-electron chi connectivity index (χ4n) is 6.44. The fraction of sp³-hybridized carbons (Fsp3) is 0.750. The third-order valence-corrected chi connectivity index (χ3v) is 8.67. The summed E-state index contributed by atoms with van der Waals surface area (Å²) in [4.78, 5) is 16.5. The van der Waals surface area contributed by atoms with Crippen molar-refractivity contribution in [1.29, 1.82) is 0 Å². The van der Waals surface area contributed by atoms with Crippen molar-refractivity contribution in [1.82, 2.24) is 9.29 Å². The molecule has 4 aliphatic rings. The smallest absolute Gasteiger partial charge is 0.339 e. The molecule has 7 heteroatoms. The summed E-state index contributed by atoms with van der Waals surface area (Å²) < 4.78 is 32.2. The first-order chi connectivity index (χ1) is 14.6. The number of esters is 1. The van der Waals surface area contributed by atoms with Crippen LogP contribution in [-0.4, -0.2) is 43.1 Å². The Hall–Kier alpha value is -1.47. The van der Waals surface area contributed by atoms with Gasteiger partial charge in [-0.25, -0.2) is 13.2 Å². The first kappa shape index (κ1) is 22.7. The van der Waals surface area contributed by atoms with Gasteiger partial charge < -0.3 is 4.74 Å². The number of rotatable bonds is 9. The van der Waals surface area contributed by atoms with Crippen LogP contribution < -0.4 is 0 Å². The van der Waals surface area contributed by atoms with Crippen LogP contribution >= 0.6 is 0 Å². The van der Waals surface area contributed by atoms with Crippen molar-refractivity contribution < 1.29 is 17.9 Å². The highest BCUT2D eigenvalue weighted by atomic mass is 32.2. The van der Waals surface area contributed by atoms with Crippen LogP contribution in [0.15, 0.2) is 18.3 Å². The van der Waals surface area contributed by atoms with Crippen LogP contribution in [0.4, 0.5) is 0 Å². The van der Waals surface area contributed by atoms with Gasteiger partial charge in [0.05, 0.1) is 30.7 Å². The number of carbonyl (C=O) groups is 1. The third-order valence-electron chi connectivity index (χ3n) is 7.47. The van der Waals surface area contributed by atoms with Crippen molar-refractivity contribution in [2.24, 2.45) is 29.1 Å². The van der Waals surface area contributed by atoms with E-state index >= 15 is 0 Å². The van der Waals surface area contributed by atoms with Gasteiger partial charge in [0.25, 0.3) is 0 Å². The van der Waals surface area contributed by atoms with E-state index in [9.17, 15) is 13.2 Å². The molecule has 4 fully saturated rings. The number of nitrogens with zero attached hydrogens (tertiary/aromatic N) is 2. The molecule has 1 heterocycles. The molecule has 0 aliphatic heterocycles. The lowest BCUT2D eigenvalue weighted by Crippen LogP contribution is -2.51. The molecule has 6 nitrogen and oxygen atoms in total. The van der Waals surface area contributed by atoms with Crippen molar-refractivity contribution in [3.8, 4) is 0 Å². The first-order valence-electron chi connectivity index (χ1n) is 11.7. The van der Waals surface area contributed by atoms with Gasteiger partial charge in [-0.1, -0.05) is 13.8 Å². The van der Waals surface area contributed by atoms with E-state index in [0.29, 0.717) is 30.3 Å². The molecule has 0 saturated heterocycles. The fourth-order valence-corrected chi connectivity index (χ4v) is 7.31. The van der Waals surface area contributed by atoms with Crippen molar-refractivity contribution in [3.63, 3.8) is 0 Å². The second-order valence-electron chi connectivity index (χ2n) is 10.8. The predicted octanol–water partition coefficient (Wildman–Crippen LogP) is 4.26. The lowest BCUT2D eigenvalue weighted by molar-refractivity contribution is -0.0607. The minimum absolute atomic E-state index is 0.137. The minimum Gasteiger partial charge on any atom is -0.462 e. The number of aromatic nitrogens is 1. The molecule has 172 valence electrons. The number of sulfonamides is 1. The Morgan fingerprint density at radius 1 is 1.16 bits per heavy atom. The number of hydrogen-bond donors (Lipinski definition) is 0. The Bertz CT molecular complexity index is 859. The number of hydrogen-bond acceptors (Lipinski definition) is 5. The molecule has 0 amide bonds. The zero-order valence-electron chi connectivity index (χ0n) is 19.0. The van der Waals surface area contributed by atoms with Crippen LogP contribution in [0.25, 0.3) is 0 Å². The molecule has 1 aromatic rings. The Kier molecular flexibility index (Phi) is 6.46. The van der Waals surface area contributed by atoms with Crippen molar-refractivity contribution >= 4 is 16.0 Å². The molecule has 0 N–H and O–H groups in total. The quantitative estimate of drug-likeness (QED) is 0.528. The van der Waals surface area contributed by atoms with Crippen molar-refractivity contribution in [2.45, 2.75) is 65.3 Å². The molecule has 0 unspecified atom stereocenters. The van der Waals surface area contributed by atoms with Crippen molar-refractivity contribution in [3.05, 3.63) is 29.6 Å². The number of ether oxygens (including phenoxy) is 1. The summed E-state index contributed by atoms with van der Waals surface area (Å²) in [7, 11) is -3.35. The van der Waals surface area contributed by atoms with E-state index in [2.05, 4.69) is 18.8 Å². The molecule has 0 radical (unpaired) electrons. The monoisotopic (exact) mass is 448 g/mol. The average molecular weight is 449 g/mol. The molecule has 1 aromatic heterocycles. The maximum Gasteiger partial charge on any atom is 0.339 e. The third kappa shape index (κ3) is 5.48. The molecule has 5 rings (SSSR count). The van der Waals surface area contributed by atoms with Gasteiger partial charge in [0.15, 0.2) is 0 Å². The summed E-state index contributed by atoms with van der Waals surface area (Å²) in [6.45, 7) is 5.41. The number of carbonyl (C=O) groups excluding carboxylic acids is 1. The standard InChI is InChI=1S/C24H36N2O4S/c1-17(2)6-7-30-23(27)21-4-5-22(25-14-21)15-26(31(3,28)29)16-24-11-18-8-19(12-24)10-20(9-18)13-24/h4-5,14,17-20H,6-13,15-16H2,1-3H3. The summed E-state index contributed by atoms with van der Waals surface area (Å²) >= 11 is 0. The Balaban J connectivity index is 1.41. The van der Waals surface area contributed by atoms with Gasteiger partial charge >= 0.3 is 5.97 Å². The van der Waals surface area contributed by atoms with Crippen LogP contribution in [0.2, 0.25) is 0 Å². The van der Waals surface area contributed by atoms with Gasteiger partial charge in [-0.15, -0.1) is 0 Å². The van der Waals surface area contributed by atoms with E-state index in [1.165, 1.54) is 51.0 Å². The van der Waals surface area contributed by atoms with Crippen LogP contribution in [0, 0.1) is 29.1 Å². The Morgan fingerprint density at radius 2 is 1.77 bits per heavy atom. The highest BCUT2D eigenvalue weighted by Crippen LogP contribution is 2.60. The van der Waals surface area contributed by atoms with Gasteiger partial charge in [0, 0.05) is 12.7 Å². The summed E-state index contributed by atoms with van der Waals surface area (Å²) in [5, 5.41) is 0. The summed E-state index contributed by atoms with van der Waals surface area (Å²) in [6, 6.07) is 3.43. The van der Waals surface area contributed by atoms with Gasteiger partial charge in [-0.3, -0.25) is 4.98 Å². The summed E-state index contributed by atoms with van der Waals surface area (Å²) in [5.74, 6) is 2.45. The zero-order valence-corrected chi connectivity index (χ0v) is 19.9. The minimum atomic E-state index is -3.35. The van der Waals surface area contributed by atoms with E-state index in [-0.39, 0.29) is 17.9 Å². The topological polar surface area (TPSA) is 76.6 Å². The van der Waals surface area contributed by atoms with Gasteiger partial charge in [-0.05, 0) is 86.2 Å². The van der Waals surface area contributed by atoms with Crippen LogP contribution in [-0.2, 0) is 21.3 Å². The largest absolute Gasteiger partial charge is 0.462 e. The van der Waals surface area contributed by atoms with Crippen molar-refractivity contribution in [2.75, 3.05) is 19.4 Å². The molecule has 4 bridgehead atoms. The highest BCUT2D eigenvalue weighted by molar-refractivity contribution is 7.88. The van der Waals surface area contributed by atoms with Gasteiger partial charge in [-0.2, -0.15) is 4.31 Å². The van der Waals surface area contributed by atoms with Crippen LogP contribution in [0.5, 0.6) is 0 Å². The maximum absolute atomic E-state index is 12.6. The average Bonchev–Trinajstić information content (AvgIpc) is 2.65. The van der Waals surface area contributed by atoms with E-state index < -0.39 is 10.0 Å². The normalized spacial score (nSPS) is 29.6. The van der Waals surface area contributed by atoms with Crippen LogP contribution in [0.1, 0.15) is 74.8 Å². The van der Waals surface area contributed by atoms with E-state index in [1.54, 1.807) is 16.4 Å². The van der Waals surface area contributed by atoms with E-state index in [4.69, 9.17) is 4.74 Å². The molecule has 0 atom stereocenters. The Labute approximate surface area is 186 Å². The second-order valence-corrected chi connectivity index (χ2v) is 12.8. The molecular weight excluding hydrogens is 412 g/mol. The predicted molar refractivity (Wildman–Crippen MR) is 120 cm³/mol. The van der Waals surface area contributed by atoms with Crippen LogP contribution in [0.3, 0.4) is 0 Å². The van der Waals surface area contributed by atoms with E-state index in [1.807, 2.05) is 0 Å². The highest BCUT2D eigenvalue weighted by Gasteiger charge is 2.51. The lowest BCUT2D eigenvalue weighted by atomic mass is 9.49. The number of pyridine rings is 1. The Morgan fingerprint density at radius 3 is 2.26 bits per heavy atom. The molecule has 0 spiro atoms. The summed E-state index contributed by atoms with van der Waals surface area (Å²) in [5.41, 5.74) is 1.20. The maximum atomic E-state index is 12.6. The zero-order chi connectivity index (χ0) is 22.2. The molecule has 31 heavy (non-hydrogen) atoms. The molecule has 0 aromatic carbocycles. The van der Waals surface area contributed by atoms with Gasteiger partial charge in [0.1, 0.15) is 0 Å². The van der Waals surface area contributed by atoms with Gasteiger partial charge in [0.2, 0.25) is 10.0 Å². The molecule has 4 aliphatic carbocycles. The van der Waals surface area contributed by atoms with E-state index in [0.717, 1.165) is 24.2 Å². The lowest BCUT2D eigenvalue weighted by Gasteiger charge is -2.57. The SMILES string of the molecule is CC(C)CCOC(=O)c1ccc(CN(CC23CC4CC(CC(C4)C2)C3)S(C)(=O)=O)nc1. The first-order valence-corrected chi connectivity index (χ1v) is 13.5.